The van der Waals surface area contributed by atoms with E-state index in [-0.39, 0.29) is 5.57 Å². The molecule has 0 aromatic rings. The Labute approximate surface area is 80.9 Å². The monoisotopic (exact) mass is 194 g/mol. The van der Waals surface area contributed by atoms with Gasteiger partial charge < -0.3 is 10.2 Å². The first-order valence-corrected chi connectivity index (χ1v) is 4.05. The molecule has 0 saturated carbocycles. The number of carbonyl (C=O) groups is 2. The molecule has 0 aromatic heterocycles. The molecule has 1 atom stereocenters. The van der Waals surface area contributed by atoms with Gasteiger partial charge in [0, 0.05) is 0 Å². The second-order valence-electron chi connectivity index (χ2n) is 3.01. The summed E-state index contributed by atoms with van der Waals surface area (Å²) < 4.78 is 0. The van der Waals surface area contributed by atoms with Gasteiger partial charge in [-0.25, -0.2) is 4.79 Å². The molecule has 0 bridgehead atoms. The lowest BCUT2D eigenvalue weighted by atomic mass is 9.99. The molecule has 4 heteroatoms. The average molecular weight is 194 g/mol. The van der Waals surface area contributed by atoms with Crippen molar-refractivity contribution in [2.75, 3.05) is 0 Å². The number of allylic oxidation sites excluding steroid dienone is 4. The van der Waals surface area contributed by atoms with Crippen LogP contribution in [-0.4, -0.2) is 22.2 Å². The molecule has 14 heavy (non-hydrogen) atoms. The van der Waals surface area contributed by atoms with Gasteiger partial charge in [-0.15, -0.1) is 0 Å². The summed E-state index contributed by atoms with van der Waals surface area (Å²) >= 11 is 0. The van der Waals surface area contributed by atoms with E-state index in [1.807, 2.05) is 0 Å². The first kappa shape index (κ1) is 10.2. The van der Waals surface area contributed by atoms with E-state index in [2.05, 4.69) is 0 Å². The maximum absolute atomic E-state index is 10.8. The van der Waals surface area contributed by atoms with Gasteiger partial charge in [-0.05, 0) is 6.92 Å². The van der Waals surface area contributed by atoms with Crippen molar-refractivity contribution in [3.8, 4) is 0 Å². The average Bonchev–Trinajstić information content (AvgIpc) is 2.26. The first-order valence-electron chi connectivity index (χ1n) is 4.05. The van der Waals surface area contributed by atoms with E-state index in [9.17, 15) is 9.59 Å². The molecule has 4 nitrogen and oxygen atoms in total. The van der Waals surface area contributed by atoms with Crippen molar-refractivity contribution >= 4 is 11.9 Å². The maximum Gasteiger partial charge on any atom is 0.332 e. The topological polar surface area (TPSA) is 74.6 Å². The van der Waals surface area contributed by atoms with Crippen LogP contribution in [-0.2, 0) is 9.59 Å². The smallest absolute Gasteiger partial charge is 0.332 e. The van der Waals surface area contributed by atoms with Crippen LogP contribution < -0.4 is 0 Å². The lowest BCUT2D eigenvalue weighted by Gasteiger charge is -2.06. The Morgan fingerprint density at radius 3 is 2.43 bits per heavy atom. The summed E-state index contributed by atoms with van der Waals surface area (Å²) in [4.78, 5) is 21.5. The van der Waals surface area contributed by atoms with Crippen molar-refractivity contribution in [3.63, 3.8) is 0 Å². The Kier molecular flexibility index (Phi) is 2.86. The van der Waals surface area contributed by atoms with E-state index in [1.165, 1.54) is 12.2 Å². The van der Waals surface area contributed by atoms with Gasteiger partial charge in [0.15, 0.2) is 0 Å². The molecule has 1 unspecified atom stereocenters. The molecule has 0 radical (unpaired) electrons. The van der Waals surface area contributed by atoms with Gasteiger partial charge in [0.2, 0.25) is 0 Å². The van der Waals surface area contributed by atoms with E-state index >= 15 is 0 Å². The minimum absolute atomic E-state index is 0.120. The first-order chi connectivity index (χ1) is 6.52. The van der Waals surface area contributed by atoms with Crippen molar-refractivity contribution in [2.45, 2.75) is 6.92 Å². The number of hydrogen-bond acceptors (Lipinski definition) is 2. The predicted octanol–water partition coefficient (Wildman–Crippen LogP) is 1.21. The number of rotatable bonds is 2. The summed E-state index contributed by atoms with van der Waals surface area (Å²) in [7, 11) is 0. The third kappa shape index (κ3) is 2.10. The Morgan fingerprint density at radius 1 is 1.29 bits per heavy atom. The van der Waals surface area contributed by atoms with E-state index < -0.39 is 17.9 Å². The van der Waals surface area contributed by atoms with Gasteiger partial charge in [-0.1, -0.05) is 29.9 Å². The van der Waals surface area contributed by atoms with Gasteiger partial charge in [0.05, 0.1) is 5.57 Å². The van der Waals surface area contributed by atoms with Crippen molar-refractivity contribution < 1.29 is 19.8 Å². The summed E-state index contributed by atoms with van der Waals surface area (Å²) in [6, 6.07) is 0. The second kappa shape index (κ2) is 3.91. The van der Waals surface area contributed by atoms with Crippen LogP contribution in [0.25, 0.3) is 0 Å². The fourth-order valence-corrected chi connectivity index (χ4v) is 1.15. The fourth-order valence-electron chi connectivity index (χ4n) is 1.15. The zero-order chi connectivity index (χ0) is 10.7. The fraction of sp³-hybridized carbons (Fsp3) is 0.200. The standard InChI is InChI=1S/C10H10O4/c1-6-2-4-7(9(11)12)8(5-3-6)10(13)14/h2-5,7H,1H3,(H,11,12)(H,13,14). The summed E-state index contributed by atoms with van der Waals surface area (Å²) in [6.45, 7) is 1.77. The Morgan fingerprint density at radius 2 is 1.93 bits per heavy atom. The van der Waals surface area contributed by atoms with Crippen LogP contribution in [0.4, 0.5) is 0 Å². The lowest BCUT2D eigenvalue weighted by molar-refractivity contribution is -0.142. The zero-order valence-electron chi connectivity index (χ0n) is 7.60. The highest BCUT2D eigenvalue weighted by Crippen LogP contribution is 2.18. The molecule has 1 aliphatic rings. The quantitative estimate of drug-likeness (QED) is 0.692. The predicted molar refractivity (Wildman–Crippen MR) is 49.7 cm³/mol. The second-order valence-corrected chi connectivity index (χ2v) is 3.01. The SMILES string of the molecule is CC1=CC=C(C(=O)O)C(C(=O)O)C=C1. The van der Waals surface area contributed by atoms with Crippen molar-refractivity contribution in [1.82, 2.24) is 0 Å². The normalized spacial score (nSPS) is 20.8. The third-order valence-electron chi connectivity index (χ3n) is 1.93. The highest BCUT2D eigenvalue weighted by molar-refractivity contribution is 5.95. The molecular weight excluding hydrogens is 184 g/mol. The molecular formula is C10H10O4. The highest BCUT2D eigenvalue weighted by Gasteiger charge is 2.25. The van der Waals surface area contributed by atoms with Crippen molar-refractivity contribution in [1.29, 1.82) is 0 Å². The van der Waals surface area contributed by atoms with Crippen LogP contribution in [0.2, 0.25) is 0 Å². The van der Waals surface area contributed by atoms with Crippen LogP contribution in [0, 0.1) is 5.92 Å². The minimum Gasteiger partial charge on any atom is -0.481 e. The van der Waals surface area contributed by atoms with Crippen molar-refractivity contribution in [3.05, 3.63) is 35.5 Å². The van der Waals surface area contributed by atoms with Crippen LogP contribution in [0.1, 0.15) is 6.92 Å². The zero-order valence-corrected chi connectivity index (χ0v) is 7.60. The number of hydrogen-bond donors (Lipinski definition) is 2. The number of aliphatic carboxylic acids is 2. The van der Waals surface area contributed by atoms with Gasteiger partial charge in [0.25, 0.3) is 0 Å². The molecule has 2 N–H and O–H groups in total. The Balaban J connectivity index is 3.13. The van der Waals surface area contributed by atoms with Crippen molar-refractivity contribution in [2.24, 2.45) is 5.92 Å². The molecule has 1 aliphatic carbocycles. The number of carboxylic acids is 2. The Hall–Kier alpha value is -1.84. The number of carboxylic acid groups (broad SMARTS) is 2. The summed E-state index contributed by atoms with van der Waals surface area (Å²) in [6.07, 6.45) is 5.89. The van der Waals surface area contributed by atoms with Gasteiger partial charge in [0.1, 0.15) is 5.92 Å². The molecule has 1 rings (SSSR count). The van der Waals surface area contributed by atoms with Gasteiger partial charge in [-0.3, -0.25) is 4.79 Å². The lowest BCUT2D eigenvalue weighted by Crippen LogP contribution is -2.19. The van der Waals surface area contributed by atoms with E-state index in [0.29, 0.717) is 0 Å². The molecule has 74 valence electrons. The molecule has 0 fully saturated rings. The molecule has 0 amide bonds. The molecule has 0 saturated heterocycles. The summed E-state index contributed by atoms with van der Waals surface area (Å²) in [5, 5.41) is 17.6. The van der Waals surface area contributed by atoms with Crippen LogP contribution >= 0.6 is 0 Å². The largest absolute Gasteiger partial charge is 0.481 e. The van der Waals surface area contributed by atoms with E-state index in [4.69, 9.17) is 10.2 Å². The van der Waals surface area contributed by atoms with Gasteiger partial charge in [-0.2, -0.15) is 0 Å². The van der Waals surface area contributed by atoms with Crippen LogP contribution in [0.5, 0.6) is 0 Å². The molecule has 0 aliphatic heterocycles. The highest BCUT2D eigenvalue weighted by atomic mass is 16.4. The molecule has 0 aromatic carbocycles. The van der Waals surface area contributed by atoms with Crippen LogP contribution in [0.15, 0.2) is 35.5 Å². The van der Waals surface area contributed by atoms with E-state index in [0.717, 1.165) is 5.57 Å². The van der Waals surface area contributed by atoms with Crippen LogP contribution in [0.3, 0.4) is 0 Å². The van der Waals surface area contributed by atoms with Gasteiger partial charge >= 0.3 is 11.9 Å². The summed E-state index contributed by atoms with van der Waals surface area (Å²) in [5.41, 5.74) is 0.707. The summed E-state index contributed by atoms with van der Waals surface area (Å²) in [5.74, 6) is -3.42. The maximum atomic E-state index is 10.8. The molecule has 0 spiro atoms. The molecule has 0 heterocycles. The minimum atomic E-state index is -1.20. The Bertz CT molecular complexity index is 360. The third-order valence-corrected chi connectivity index (χ3v) is 1.93. The van der Waals surface area contributed by atoms with E-state index in [1.54, 1.807) is 19.1 Å².